The quantitative estimate of drug-likeness (QED) is 0.758. The molecule has 3 unspecified atom stereocenters. The van der Waals surface area contributed by atoms with Crippen molar-refractivity contribution < 1.29 is 17.9 Å². The summed E-state index contributed by atoms with van der Waals surface area (Å²) in [6.45, 7) is 2.12. The van der Waals surface area contributed by atoms with Crippen LogP contribution >= 0.6 is 0 Å². The van der Waals surface area contributed by atoms with Crippen molar-refractivity contribution in [1.82, 2.24) is 0 Å². The Hall–Kier alpha value is -1.36. The molecule has 1 aromatic carbocycles. The van der Waals surface area contributed by atoms with Crippen molar-refractivity contribution in [2.45, 2.75) is 37.0 Å². The van der Waals surface area contributed by atoms with Crippen molar-refractivity contribution in [3.63, 3.8) is 0 Å². The van der Waals surface area contributed by atoms with E-state index in [-0.39, 0.29) is 11.9 Å². The summed E-state index contributed by atoms with van der Waals surface area (Å²) < 4.78 is 27.7. The molecule has 1 aromatic rings. The van der Waals surface area contributed by atoms with Gasteiger partial charge < -0.3 is 4.74 Å². The first-order valence-corrected chi connectivity index (χ1v) is 9.13. The Balaban J connectivity index is 2.04. The molecule has 0 radical (unpaired) electrons. The molecule has 0 bridgehead atoms. The summed E-state index contributed by atoms with van der Waals surface area (Å²) >= 11 is 0. The van der Waals surface area contributed by atoms with Crippen LogP contribution in [0.25, 0.3) is 0 Å². The number of hydrogen-bond acceptors (Lipinski definition) is 4. The number of carbonyl (C=O) groups excluding carboxylic acids is 1. The Morgan fingerprint density at radius 1 is 1.33 bits per heavy atom. The lowest BCUT2D eigenvalue weighted by Crippen LogP contribution is -2.07. The monoisotopic (exact) mass is 310 g/mol. The van der Waals surface area contributed by atoms with Crippen LogP contribution < -0.4 is 0 Å². The zero-order valence-corrected chi connectivity index (χ0v) is 13.5. The van der Waals surface area contributed by atoms with Crippen molar-refractivity contribution in [2.24, 2.45) is 11.8 Å². The summed E-state index contributed by atoms with van der Waals surface area (Å²) in [5.41, 5.74) is 1.14. The van der Waals surface area contributed by atoms with Gasteiger partial charge in [0.15, 0.2) is 9.84 Å². The number of ether oxygens (including phenoxy) is 1. The molecular weight excluding hydrogens is 288 g/mol. The molecule has 0 heterocycles. The molecule has 3 atom stereocenters. The molecule has 21 heavy (non-hydrogen) atoms. The Kier molecular flexibility index (Phi) is 4.71. The third kappa shape index (κ3) is 3.84. The summed E-state index contributed by atoms with van der Waals surface area (Å²) in [7, 11) is -1.72. The van der Waals surface area contributed by atoms with Crippen LogP contribution in [0.1, 0.15) is 37.7 Å². The molecule has 1 aliphatic carbocycles. The number of methoxy groups -OCH3 is 1. The van der Waals surface area contributed by atoms with E-state index in [0.717, 1.165) is 24.8 Å². The van der Waals surface area contributed by atoms with Gasteiger partial charge >= 0.3 is 5.97 Å². The zero-order valence-electron chi connectivity index (χ0n) is 12.7. The van der Waals surface area contributed by atoms with E-state index in [9.17, 15) is 13.2 Å². The van der Waals surface area contributed by atoms with Crippen LogP contribution in [0.3, 0.4) is 0 Å². The van der Waals surface area contributed by atoms with Gasteiger partial charge in [0.1, 0.15) is 0 Å². The summed E-state index contributed by atoms with van der Waals surface area (Å²) in [6.07, 6.45) is 4.05. The SMILES string of the molecule is CCC(CC1CC1C(=O)OC)c1ccc(S(C)(=O)=O)cc1. The molecule has 1 saturated carbocycles. The van der Waals surface area contributed by atoms with Crippen LogP contribution in [0.5, 0.6) is 0 Å². The number of esters is 1. The van der Waals surface area contributed by atoms with Gasteiger partial charge in [-0.1, -0.05) is 19.1 Å². The maximum Gasteiger partial charge on any atom is 0.308 e. The molecule has 0 aliphatic heterocycles. The molecule has 0 amide bonds. The van der Waals surface area contributed by atoms with Gasteiger partial charge in [0.25, 0.3) is 0 Å². The van der Waals surface area contributed by atoms with Crippen LogP contribution in [0.15, 0.2) is 29.2 Å². The Bertz CT molecular complexity index is 604. The van der Waals surface area contributed by atoms with E-state index in [1.54, 1.807) is 12.1 Å². The average molecular weight is 310 g/mol. The fourth-order valence-corrected chi connectivity index (χ4v) is 3.47. The normalized spacial score (nSPS) is 22.6. The van der Waals surface area contributed by atoms with Gasteiger partial charge in [0.2, 0.25) is 0 Å². The molecular formula is C16H22O4S. The first-order chi connectivity index (χ1) is 9.86. The van der Waals surface area contributed by atoms with Gasteiger partial charge in [0, 0.05) is 6.26 Å². The molecule has 116 valence electrons. The second-order valence-corrected chi connectivity index (χ2v) is 7.82. The predicted octanol–water partition coefficient (Wildman–Crippen LogP) is 2.78. The van der Waals surface area contributed by atoms with Crippen molar-refractivity contribution in [1.29, 1.82) is 0 Å². The van der Waals surface area contributed by atoms with Crippen LogP contribution in [0.2, 0.25) is 0 Å². The van der Waals surface area contributed by atoms with Gasteiger partial charge in [-0.05, 0) is 48.8 Å². The molecule has 5 heteroatoms. The second kappa shape index (κ2) is 6.18. The van der Waals surface area contributed by atoms with E-state index in [0.29, 0.717) is 16.7 Å². The van der Waals surface area contributed by atoms with Crippen molar-refractivity contribution in [3.8, 4) is 0 Å². The smallest absolute Gasteiger partial charge is 0.308 e. The number of hydrogen-bond donors (Lipinski definition) is 0. The Morgan fingerprint density at radius 2 is 1.95 bits per heavy atom. The fourth-order valence-electron chi connectivity index (χ4n) is 2.84. The molecule has 2 rings (SSSR count). The number of carbonyl (C=O) groups is 1. The van der Waals surface area contributed by atoms with E-state index >= 15 is 0 Å². The van der Waals surface area contributed by atoms with Gasteiger partial charge in [-0.25, -0.2) is 8.42 Å². The first kappa shape index (κ1) is 16.0. The molecule has 0 saturated heterocycles. The van der Waals surface area contributed by atoms with Crippen LogP contribution in [0.4, 0.5) is 0 Å². The van der Waals surface area contributed by atoms with E-state index in [1.165, 1.54) is 13.4 Å². The van der Waals surface area contributed by atoms with E-state index in [2.05, 4.69) is 6.92 Å². The lowest BCUT2D eigenvalue weighted by Gasteiger charge is -2.15. The summed E-state index contributed by atoms with van der Waals surface area (Å²) in [5.74, 6) is 0.705. The third-order valence-corrected chi connectivity index (χ3v) is 5.41. The van der Waals surface area contributed by atoms with Crippen LogP contribution in [0, 0.1) is 11.8 Å². The molecule has 0 N–H and O–H groups in total. The van der Waals surface area contributed by atoms with Crippen LogP contribution in [-0.2, 0) is 19.4 Å². The topological polar surface area (TPSA) is 60.4 Å². The lowest BCUT2D eigenvalue weighted by atomic mass is 9.91. The highest BCUT2D eigenvalue weighted by Crippen LogP contribution is 2.46. The van der Waals surface area contributed by atoms with Crippen molar-refractivity contribution in [3.05, 3.63) is 29.8 Å². The standard InChI is InChI=1S/C16H22O4S/c1-4-11(9-13-10-15(13)16(17)20-2)12-5-7-14(8-6-12)21(3,18)19/h5-8,11,13,15H,4,9-10H2,1-3H3. The molecule has 0 spiro atoms. The van der Waals surface area contributed by atoms with Crippen molar-refractivity contribution >= 4 is 15.8 Å². The number of sulfone groups is 1. The molecule has 1 fully saturated rings. The van der Waals surface area contributed by atoms with Gasteiger partial charge in [-0.2, -0.15) is 0 Å². The third-order valence-electron chi connectivity index (χ3n) is 4.29. The van der Waals surface area contributed by atoms with E-state index in [1.807, 2.05) is 12.1 Å². The second-order valence-electron chi connectivity index (χ2n) is 5.81. The lowest BCUT2D eigenvalue weighted by molar-refractivity contribution is -0.142. The minimum absolute atomic E-state index is 0.0549. The first-order valence-electron chi connectivity index (χ1n) is 7.24. The maximum absolute atomic E-state index is 11.5. The van der Waals surface area contributed by atoms with Gasteiger partial charge in [0.05, 0.1) is 17.9 Å². The zero-order chi connectivity index (χ0) is 15.6. The van der Waals surface area contributed by atoms with Gasteiger partial charge in [-0.3, -0.25) is 4.79 Å². The Morgan fingerprint density at radius 3 is 2.43 bits per heavy atom. The summed E-state index contributed by atoms with van der Waals surface area (Å²) in [4.78, 5) is 11.8. The van der Waals surface area contributed by atoms with E-state index < -0.39 is 9.84 Å². The predicted molar refractivity (Wildman–Crippen MR) is 80.8 cm³/mol. The highest BCUT2D eigenvalue weighted by Gasteiger charge is 2.44. The highest BCUT2D eigenvalue weighted by molar-refractivity contribution is 7.90. The summed E-state index contributed by atoms with van der Waals surface area (Å²) in [5, 5.41) is 0. The van der Waals surface area contributed by atoms with Crippen molar-refractivity contribution in [2.75, 3.05) is 13.4 Å². The number of benzene rings is 1. The molecule has 0 aromatic heterocycles. The number of rotatable bonds is 6. The largest absolute Gasteiger partial charge is 0.469 e. The Labute approximate surface area is 126 Å². The van der Waals surface area contributed by atoms with Gasteiger partial charge in [-0.15, -0.1) is 0 Å². The average Bonchev–Trinajstić information content (AvgIpc) is 3.22. The maximum atomic E-state index is 11.5. The minimum atomic E-state index is -3.15. The highest BCUT2D eigenvalue weighted by atomic mass is 32.2. The van der Waals surface area contributed by atoms with Crippen LogP contribution in [-0.4, -0.2) is 27.8 Å². The molecule has 4 nitrogen and oxygen atoms in total. The van der Waals surface area contributed by atoms with E-state index in [4.69, 9.17) is 4.74 Å². The minimum Gasteiger partial charge on any atom is -0.469 e. The summed E-state index contributed by atoms with van der Waals surface area (Å²) in [6, 6.07) is 7.11. The molecule has 1 aliphatic rings. The fraction of sp³-hybridized carbons (Fsp3) is 0.562.